The average molecular weight is 227 g/mol. The molecule has 2 fully saturated rings. The summed E-state index contributed by atoms with van der Waals surface area (Å²) >= 11 is 0. The van der Waals surface area contributed by atoms with E-state index in [1.807, 2.05) is 0 Å². The summed E-state index contributed by atoms with van der Waals surface area (Å²) in [6, 6.07) is 1.24. The van der Waals surface area contributed by atoms with Gasteiger partial charge in [-0.05, 0) is 26.2 Å². The van der Waals surface area contributed by atoms with E-state index in [4.69, 9.17) is 9.47 Å². The van der Waals surface area contributed by atoms with Crippen molar-refractivity contribution in [2.24, 2.45) is 0 Å². The Kier molecular flexibility index (Phi) is 4.62. The third-order valence-corrected chi connectivity index (χ3v) is 3.96. The molecule has 3 heteroatoms. The fourth-order valence-electron chi connectivity index (χ4n) is 3.01. The van der Waals surface area contributed by atoms with Crippen molar-refractivity contribution in [3.8, 4) is 0 Å². The zero-order valence-electron chi connectivity index (χ0n) is 10.6. The van der Waals surface area contributed by atoms with Crippen molar-refractivity contribution in [3.63, 3.8) is 0 Å². The van der Waals surface area contributed by atoms with Gasteiger partial charge in [0.1, 0.15) is 0 Å². The Labute approximate surface area is 98.9 Å². The van der Waals surface area contributed by atoms with Gasteiger partial charge in [0, 0.05) is 25.8 Å². The lowest BCUT2D eigenvalue weighted by Gasteiger charge is -2.45. The van der Waals surface area contributed by atoms with E-state index in [1.165, 1.54) is 32.1 Å². The Morgan fingerprint density at radius 3 is 2.56 bits per heavy atom. The van der Waals surface area contributed by atoms with Crippen LogP contribution in [0, 0.1) is 0 Å². The Bertz CT molecular complexity index is 204. The lowest BCUT2D eigenvalue weighted by Crippen LogP contribution is -2.61. The van der Waals surface area contributed by atoms with E-state index < -0.39 is 0 Å². The monoisotopic (exact) mass is 227 g/mol. The SMILES string of the molecule is CCOC1CC(NC2CCCCC2)C1OC. The highest BCUT2D eigenvalue weighted by atomic mass is 16.5. The van der Waals surface area contributed by atoms with Crippen LogP contribution >= 0.6 is 0 Å². The molecule has 3 unspecified atom stereocenters. The third kappa shape index (κ3) is 2.76. The predicted octanol–water partition coefficient (Wildman–Crippen LogP) is 2.10. The standard InChI is InChI=1S/C13H25NO2/c1-3-16-12-9-11(13(12)15-2)14-10-7-5-4-6-8-10/h10-14H,3-9H2,1-2H3. The summed E-state index contributed by atoms with van der Waals surface area (Å²) in [5.41, 5.74) is 0. The molecule has 0 amide bonds. The van der Waals surface area contributed by atoms with Gasteiger partial charge in [-0.15, -0.1) is 0 Å². The summed E-state index contributed by atoms with van der Waals surface area (Å²) in [6.45, 7) is 2.84. The molecular weight excluding hydrogens is 202 g/mol. The van der Waals surface area contributed by atoms with Gasteiger partial charge in [0.05, 0.1) is 12.2 Å². The quantitative estimate of drug-likeness (QED) is 0.780. The van der Waals surface area contributed by atoms with E-state index in [-0.39, 0.29) is 6.10 Å². The van der Waals surface area contributed by atoms with Gasteiger partial charge in [0.15, 0.2) is 0 Å². The van der Waals surface area contributed by atoms with Crippen molar-refractivity contribution in [2.75, 3.05) is 13.7 Å². The molecule has 16 heavy (non-hydrogen) atoms. The summed E-state index contributed by atoms with van der Waals surface area (Å²) in [6.07, 6.45) is 8.56. The fraction of sp³-hybridized carbons (Fsp3) is 1.00. The highest BCUT2D eigenvalue weighted by Gasteiger charge is 2.42. The Morgan fingerprint density at radius 1 is 1.19 bits per heavy atom. The molecule has 0 aromatic rings. The first-order valence-electron chi connectivity index (χ1n) is 6.75. The van der Waals surface area contributed by atoms with Crippen LogP contribution in [0.1, 0.15) is 45.4 Å². The van der Waals surface area contributed by atoms with Crippen LogP contribution in [0.15, 0.2) is 0 Å². The summed E-state index contributed by atoms with van der Waals surface area (Å²) in [5, 5.41) is 3.74. The van der Waals surface area contributed by atoms with E-state index in [2.05, 4.69) is 12.2 Å². The van der Waals surface area contributed by atoms with Crippen LogP contribution in [0.3, 0.4) is 0 Å². The summed E-state index contributed by atoms with van der Waals surface area (Å²) in [5.74, 6) is 0. The molecule has 0 saturated heterocycles. The molecule has 94 valence electrons. The number of methoxy groups -OCH3 is 1. The Morgan fingerprint density at radius 2 is 1.94 bits per heavy atom. The first-order valence-corrected chi connectivity index (χ1v) is 6.75. The number of ether oxygens (including phenoxy) is 2. The molecule has 0 aromatic heterocycles. The molecule has 2 aliphatic carbocycles. The second-order valence-electron chi connectivity index (χ2n) is 5.04. The molecule has 1 N–H and O–H groups in total. The maximum absolute atomic E-state index is 5.64. The summed E-state index contributed by atoms with van der Waals surface area (Å²) < 4.78 is 11.2. The number of nitrogens with one attached hydrogen (secondary N) is 1. The highest BCUT2D eigenvalue weighted by molar-refractivity contribution is 4.98. The van der Waals surface area contributed by atoms with Crippen molar-refractivity contribution >= 4 is 0 Å². The van der Waals surface area contributed by atoms with E-state index in [0.717, 1.165) is 19.1 Å². The lowest BCUT2D eigenvalue weighted by atomic mass is 9.83. The van der Waals surface area contributed by atoms with Crippen LogP contribution in [-0.4, -0.2) is 38.0 Å². The molecule has 3 atom stereocenters. The number of hydrogen-bond acceptors (Lipinski definition) is 3. The van der Waals surface area contributed by atoms with Crippen molar-refractivity contribution in [1.82, 2.24) is 5.32 Å². The average Bonchev–Trinajstić information content (AvgIpc) is 2.29. The van der Waals surface area contributed by atoms with Gasteiger partial charge < -0.3 is 14.8 Å². The molecule has 2 rings (SSSR count). The van der Waals surface area contributed by atoms with Gasteiger partial charge in [0.2, 0.25) is 0 Å². The van der Waals surface area contributed by atoms with Crippen LogP contribution in [-0.2, 0) is 9.47 Å². The Balaban J connectivity index is 1.73. The molecular formula is C13H25NO2. The number of rotatable bonds is 5. The molecule has 0 aromatic carbocycles. The minimum Gasteiger partial charge on any atom is -0.377 e. The molecule has 0 radical (unpaired) electrons. The second kappa shape index (κ2) is 5.99. The van der Waals surface area contributed by atoms with Crippen LogP contribution in [0.5, 0.6) is 0 Å². The minimum atomic E-state index is 0.266. The predicted molar refractivity (Wildman–Crippen MR) is 64.6 cm³/mol. The van der Waals surface area contributed by atoms with Crippen LogP contribution in [0.4, 0.5) is 0 Å². The van der Waals surface area contributed by atoms with Crippen LogP contribution in [0.25, 0.3) is 0 Å². The maximum atomic E-state index is 5.64. The first-order chi connectivity index (χ1) is 7.85. The van der Waals surface area contributed by atoms with Crippen LogP contribution in [0.2, 0.25) is 0 Å². The zero-order chi connectivity index (χ0) is 11.4. The minimum absolute atomic E-state index is 0.266. The van der Waals surface area contributed by atoms with E-state index >= 15 is 0 Å². The number of hydrogen-bond donors (Lipinski definition) is 1. The van der Waals surface area contributed by atoms with Crippen molar-refractivity contribution < 1.29 is 9.47 Å². The third-order valence-electron chi connectivity index (χ3n) is 3.96. The van der Waals surface area contributed by atoms with Gasteiger partial charge in [-0.1, -0.05) is 19.3 Å². The fourth-order valence-corrected chi connectivity index (χ4v) is 3.01. The maximum Gasteiger partial charge on any atom is 0.0986 e. The van der Waals surface area contributed by atoms with Gasteiger partial charge in [-0.25, -0.2) is 0 Å². The molecule has 2 aliphatic rings. The summed E-state index contributed by atoms with van der Waals surface area (Å²) in [4.78, 5) is 0. The topological polar surface area (TPSA) is 30.5 Å². The second-order valence-corrected chi connectivity index (χ2v) is 5.04. The summed E-state index contributed by atoms with van der Waals surface area (Å²) in [7, 11) is 1.80. The molecule has 2 saturated carbocycles. The molecule has 0 spiro atoms. The zero-order valence-corrected chi connectivity index (χ0v) is 10.6. The van der Waals surface area contributed by atoms with Gasteiger partial charge in [-0.3, -0.25) is 0 Å². The molecule has 0 heterocycles. The highest BCUT2D eigenvalue weighted by Crippen LogP contribution is 2.29. The van der Waals surface area contributed by atoms with E-state index in [9.17, 15) is 0 Å². The van der Waals surface area contributed by atoms with Crippen molar-refractivity contribution in [3.05, 3.63) is 0 Å². The van der Waals surface area contributed by atoms with Gasteiger partial charge in [-0.2, -0.15) is 0 Å². The van der Waals surface area contributed by atoms with Crippen molar-refractivity contribution in [1.29, 1.82) is 0 Å². The van der Waals surface area contributed by atoms with E-state index in [0.29, 0.717) is 12.1 Å². The molecule has 0 aliphatic heterocycles. The molecule has 0 bridgehead atoms. The van der Waals surface area contributed by atoms with Gasteiger partial charge >= 0.3 is 0 Å². The lowest BCUT2D eigenvalue weighted by molar-refractivity contribution is -0.133. The molecule has 3 nitrogen and oxygen atoms in total. The van der Waals surface area contributed by atoms with Gasteiger partial charge in [0.25, 0.3) is 0 Å². The van der Waals surface area contributed by atoms with Crippen molar-refractivity contribution in [2.45, 2.75) is 69.7 Å². The smallest absolute Gasteiger partial charge is 0.0986 e. The first kappa shape index (κ1) is 12.3. The van der Waals surface area contributed by atoms with Crippen LogP contribution < -0.4 is 5.32 Å². The Hall–Kier alpha value is -0.120. The largest absolute Gasteiger partial charge is 0.377 e. The normalized spacial score (nSPS) is 36.0. The van der Waals surface area contributed by atoms with E-state index in [1.54, 1.807) is 7.11 Å².